The summed E-state index contributed by atoms with van der Waals surface area (Å²) in [5.41, 5.74) is 0.532. The zero-order valence-corrected chi connectivity index (χ0v) is 11.4. The largest absolute Gasteiger partial charge is 0.355 e. The van der Waals surface area contributed by atoms with Crippen molar-refractivity contribution in [2.45, 2.75) is 19.9 Å². The van der Waals surface area contributed by atoms with Crippen LogP contribution >= 0.6 is 15.9 Å². The summed E-state index contributed by atoms with van der Waals surface area (Å²) in [6.07, 6.45) is 0. The van der Waals surface area contributed by atoms with Crippen LogP contribution in [0.3, 0.4) is 0 Å². The highest BCUT2D eigenvalue weighted by Crippen LogP contribution is 2.10. The number of carbonyl (C=O) groups excluding carboxylic acids is 2. The third-order valence-corrected chi connectivity index (χ3v) is 2.73. The number of nitrogens with one attached hydrogen (secondary N) is 2. The zero-order chi connectivity index (χ0) is 12.8. The van der Waals surface area contributed by atoms with Crippen LogP contribution in [0.5, 0.6) is 0 Å². The molecule has 5 heteroatoms. The van der Waals surface area contributed by atoms with Gasteiger partial charge in [0.25, 0.3) is 5.91 Å². The Kier molecular flexibility index (Phi) is 5.15. The minimum absolute atomic E-state index is 0.182. The van der Waals surface area contributed by atoms with E-state index in [9.17, 15) is 9.59 Å². The van der Waals surface area contributed by atoms with Crippen LogP contribution in [0.1, 0.15) is 24.2 Å². The Labute approximate surface area is 109 Å². The highest BCUT2D eigenvalue weighted by Gasteiger charge is 2.15. The van der Waals surface area contributed by atoms with E-state index in [4.69, 9.17) is 0 Å². The van der Waals surface area contributed by atoms with Crippen LogP contribution in [0.25, 0.3) is 0 Å². The first-order valence-corrected chi connectivity index (χ1v) is 6.18. The fourth-order valence-electron chi connectivity index (χ4n) is 1.27. The Hall–Kier alpha value is -1.36. The molecule has 0 spiro atoms. The van der Waals surface area contributed by atoms with Crippen molar-refractivity contribution in [2.24, 2.45) is 0 Å². The van der Waals surface area contributed by atoms with Gasteiger partial charge in [0.05, 0.1) is 0 Å². The van der Waals surface area contributed by atoms with Crippen LogP contribution in [0, 0.1) is 0 Å². The van der Waals surface area contributed by atoms with Gasteiger partial charge in [-0.15, -0.1) is 0 Å². The van der Waals surface area contributed by atoms with Gasteiger partial charge in [0, 0.05) is 16.6 Å². The molecule has 0 saturated heterocycles. The van der Waals surface area contributed by atoms with E-state index < -0.39 is 6.04 Å². The molecule has 17 heavy (non-hydrogen) atoms. The topological polar surface area (TPSA) is 58.2 Å². The Morgan fingerprint density at radius 1 is 1.29 bits per heavy atom. The van der Waals surface area contributed by atoms with Gasteiger partial charge in [-0.05, 0) is 38.1 Å². The number of amides is 2. The fourth-order valence-corrected chi connectivity index (χ4v) is 1.54. The van der Waals surface area contributed by atoms with Gasteiger partial charge in [-0.25, -0.2) is 0 Å². The number of hydrogen-bond acceptors (Lipinski definition) is 2. The predicted molar refractivity (Wildman–Crippen MR) is 69.8 cm³/mol. The molecule has 92 valence electrons. The van der Waals surface area contributed by atoms with Gasteiger partial charge in [-0.3, -0.25) is 9.59 Å². The summed E-state index contributed by atoms with van der Waals surface area (Å²) in [4.78, 5) is 23.2. The van der Waals surface area contributed by atoms with E-state index in [1.807, 2.05) is 6.92 Å². The van der Waals surface area contributed by atoms with Crippen molar-refractivity contribution >= 4 is 27.7 Å². The van der Waals surface area contributed by atoms with Gasteiger partial charge in [-0.1, -0.05) is 15.9 Å². The number of benzene rings is 1. The number of rotatable bonds is 4. The minimum Gasteiger partial charge on any atom is -0.355 e. The van der Waals surface area contributed by atoms with E-state index in [0.29, 0.717) is 12.1 Å². The summed E-state index contributed by atoms with van der Waals surface area (Å²) in [6.45, 7) is 4.04. The molecule has 2 N–H and O–H groups in total. The fraction of sp³-hybridized carbons (Fsp3) is 0.333. The maximum Gasteiger partial charge on any atom is 0.251 e. The Morgan fingerprint density at radius 3 is 2.41 bits per heavy atom. The standard InChI is InChI=1S/C12H15BrN2O2/c1-3-14-11(16)8(2)15-12(17)9-4-6-10(13)7-5-9/h4-8H,3H2,1-2H3,(H,14,16)(H,15,17). The molecule has 0 saturated carbocycles. The van der Waals surface area contributed by atoms with Crippen LogP contribution in [0.4, 0.5) is 0 Å². The Balaban J connectivity index is 2.60. The van der Waals surface area contributed by atoms with E-state index >= 15 is 0 Å². The van der Waals surface area contributed by atoms with Crippen LogP contribution < -0.4 is 10.6 Å². The van der Waals surface area contributed by atoms with Crippen molar-refractivity contribution in [1.29, 1.82) is 0 Å². The van der Waals surface area contributed by atoms with Gasteiger partial charge in [0.1, 0.15) is 6.04 Å². The number of hydrogen-bond donors (Lipinski definition) is 2. The highest BCUT2D eigenvalue weighted by molar-refractivity contribution is 9.10. The highest BCUT2D eigenvalue weighted by atomic mass is 79.9. The van der Waals surface area contributed by atoms with E-state index in [2.05, 4.69) is 26.6 Å². The molecule has 1 unspecified atom stereocenters. The first kappa shape index (κ1) is 13.7. The lowest BCUT2D eigenvalue weighted by Gasteiger charge is -2.13. The first-order chi connectivity index (χ1) is 8.04. The van der Waals surface area contributed by atoms with Gasteiger partial charge in [0.2, 0.25) is 5.91 Å². The molecule has 0 radical (unpaired) electrons. The second-order valence-corrected chi connectivity index (χ2v) is 4.51. The van der Waals surface area contributed by atoms with E-state index in [1.54, 1.807) is 31.2 Å². The van der Waals surface area contributed by atoms with Crippen molar-refractivity contribution in [1.82, 2.24) is 10.6 Å². The van der Waals surface area contributed by atoms with Gasteiger partial charge >= 0.3 is 0 Å². The van der Waals surface area contributed by atoms with Crippen LogP contribution in [-0.4, -0.2) is 24.4 Å². The summed E-state index contributed by atoms with van der Waals surface area (Å²) >= 11 is 3.29. The molecule has 1 rings (SSSR count). The van der Waals surface area contributed by atoms with Gasteiger partial charge in [-0.2, -0.15) is 0 Å². The SMILES string of the molecule is CCNC(=O)C(C)NC(=O)c1ccc(Br)cc1. The van der Waals surface area contributed by atoms with E-state index in [1.165, 1.54) is 0 Å². The third kappa shape index (κ3) is 4.19. The zero-order valence-electron chi connectivity index (χ0n) is 9.79. The average Bonchev–Trinajstić information content (AvgIpc) is 2.30. The van der Waals surface area contributed by atoms with E-state index in [0.717, 1.165) is 4.47 Å². The quantitative estimate of drug-likeness (QED) is 0.889. The maximum atomic E-state index is 11.8. The minimum atomic E-state index is -0.536. The van der Waals surface area contributed by atoms with Crippen LogP contribution in [0.15, 0.2) is 28.7 Å². The molecule has 1 atom stereocenters. The lowest BCUT2D eigenvalue weighted by molar-refractivity contribution is -0.122. The molecule has 0 heterocycles. The molecule has 0 aliphatic heterocycles. The lowest BCUT2D eigenvalue weighted by atomic mass is 10.2. The number of halogens is 1. The molecule has 0 aromatic heterocycles. The van der Waals surface area contributed by atoms with Gasteiger partial charge < -0.3 is 10.6 Å². The normalized spacial score (nSPS) is 11.7. The third-order valence-electron chi connectivity index (χ3n) is 2.20. The Bertz CT molecular complexity index is 403. The average molecular weight is 299 g/mol. The molecule has 1 aromatic carbocycles. The maximum absolute atomic E-state index is 11.8. The van der Waals surface area contributed by atoms with Crippen molar-refractivity contribution in [2.75, 3.05) is 6.54 Å². The number of likely N-dealkylation sites (N-methyl/N-ethyl adjacent to an activating group) is 1. The molecular weight excluding hydrogens is 284 g/mol. The summed E-state index contributed by atoms with van der Waals surface area (Å²) < 4.78 is 0.908. The molecule has 0 fully saturated rings. The van der Waals surface area contributed by atoms with Crippen molar-refractivity contribution < 1.29 is 9.59 Å². The molecular formula is C12H15BrN2O2. The van der Waals surface area contributed by atoms with E-state index in [-0.39, 0.29) is 11.8 Å². The number of carbonyl (C=O) groups is 2. The second kappa shape index (κ2) is 6.39. The van der Waals surface area contributed by atoms with Crippen LogP contribution in [0.2, 0.25) is 0 Å². The second-order valence-electron chi connectivity index (χ2n) is 3.60. The molecule has 0 bridgehead atoms. The molecule has 0 aliphatic rings. The smallest absolute Gasteiger partial charge is 0.251 e. The summed E-state index contributed by atoms with van der Waals surface area (Å²) in [5.74, 6) is -0.436. The summed E-state index contributed by atoms with van der Waals surface area (Å²) in [7, 11) is 0. The van der Waals surface area contributed by atoms with Gasteiger partial charge in [0.15, 0.2) is 0 Å². The summed E-state index contributed by atoms with van der Waals surface area (Å²) in [5, 5.41) is 5.28. The lowest BCUT2D eigenvalue weighted by Crippen LogP contribution is -2.44. The van der Waals surface area contributed by atoms with Crippen LogP contribution in [-0.2, 0) is 4.79 Å². The van der Waals surface area contributed by atoms with Crippen molar-refractivity contribution in [3.63, 3.8) is 0 Å². The molecule has 2 amide bonds. The molecule has 4 nitrogen and oxygen atoms in total. The van der Waals surface area contributed by atoms with Crippen molar-refractivity contribution in [3.8, 4) is 0 Å². The molecule has 0 aliphatic carbocycles. The van der Waals surface area contributed by atoms with Crippen molar-refractivity contribution in [3.05, 3.63) is 34.3 Å². The predicted octanol–water partition coefficient (Wildman–Crippen LogP) is 1.70. The monoisotopic (exact) mass is 298 g/mol. The molecule has 1 aromatic rings. The summed E-state index contributed by atoms with van der Waals surface area (Å²) in [6, 6.07) is 6.43. The first-order valence-electron chi connectivity index (χ1n) is 5.38. The Morgan fingerprint density at radius 2 is 1.88 bits per heavy atom.